The van der Waals surface area contributed by atoms with Crippen molar-refractivity contribution in [2.75, 3.05) is 19.5 Å². The Balaban J connectivity index is 2.17. The predicted molar refractivity (Wildman–Crippen MR) is 88.5 cm³/mol. The standard InChI is InChI=1S/C16H18N4O6/c1-16(24)12(23)9(6-21)26-15(16)20-5-8(3-4-10(22)25-2)11-13(17)18-7-19-14(11)20/h5,7,9,12,15,21,23-24H,6H2,1-2H3,(H2,17,18,19)/t9-,12-,15-,16-/m1/s1. The molecule has 10 nitrogen and oxygen atoms in total. The lowest BCUT2D eigenvalue weighted by Crippen LogP contribution is -2.44. The van der Waals surface area contributed by atoms with Gasteiger partial charge < -0.3 is 35.1 Å². The van der Waals surface area contributed by atoms with Gasteiger partial charge in [0.15, 0.2) is 6.23 Å². The van der Waals surface area contributed by atoms with E-state index < -0.39 is 36.6 Å². The zero-order valence-corrected chi connectivity index (χ0v) is 14.1. The van der Waals surface area contributed by atoms with Crippen molar-refractivity contribution in [2.24, 2.45) is 0 Å². The van der Waals surface area contributed by atoms with Crippen LogP contribution in [0.3, 0.4) is 0 Å². The van der Waals surface area contributed by atoms with Gasteiger partial charge in [-0.15, -0.1) is 0 Å². The van der Waals surface area contributed by atoms with Crippen LogP contribution in [0.25, 0.3) is 11.0 Å². The summed E-state index contributed by atoms with van der Waals surface area (Å²) in [6, 6.07) is 0. The zero-order chi connectivity index (χ0) is 19.1. The number of aliphatic hydroxyl groups is 3. The molecule has 1 fully saturated rings. The van der Waals surface area contributed by atoms with E-state index in [0.717, 1.165) is 0 Å². The van der Waals surface area contributed by atoms with E-state index in [9.17, 15) is 20.1 Å². The van der Waals surface area contributed by atoms with Gasteiger partial charge in [0.25, 0.3) is 0 Å². The van der Waals surface area contributed by atoms with Crippen molar-refractivity contribution in [2.45, 2.75) is 31.0 Å². The number of fused-ring (bicyclic) bond motifs is 1. The van der Waals surface area contributed by atoms with Gasteiger partial charge in [0, 0.05) is 12.1 Å². The number of aromatic nitrogens is 3. The molecule has 0 aromatic carbocycles. The number of carbonyl (C=O) groups is 1. The van der Waals surface area contributed by atoms with Crippen molar-refractivity contribution >= 4 is 22.8 Å². The maximum atomic E-state index is 11.3. The van der Waals surface area contributed by atoms with E-state index in [0.29, 0.717) is 16.6 Å². The normalized spacial score (nSPS) is 28.0. The summed E-state index contributed by atoms with van der Waals surface area (Å²) < 4.78 is 11.5. The van der Waals surface area contributed by atoms with Crippen molar-refractivity contribution in [3.63, 3.8) is 0 Å². The fourth-order valence-electron chi connectivity index (χ4n) is 2.94. The molecule has 10 heteroatoms. The highest BCUT2D eigenvalue weighted by molar-refractivity contribution is 5.95. The number of rotatable bonds is 2. The number of carbonyl (C=O) groups excluding carboxylic acids is 1. The highest BCUT2D eigenvalue weighted by Crippen LogP contribution is 2.40. The molecule has 26 heavy (non-hydrogen) atoms. The molecule has 5 N–H and O–H groups in total. The molecule has 0 unspecified atom stereocenters. The summed E-state index contributed by atoms with van der Waals surface area (Å²) in [4.78, 5) is 19.4. The Morgan fingerprint density at radius 1 is 1.54 bits per heavy atom. The molecule has 4 atom stereocenters. The lowest BCUT2D eigenvalue weighted by molar-refractivity contribution is -0.133. The fraction of sp³-hybridized carbons (Fsp3) is 0.438. The Morgan fingerprint density at radius 3 is 2.88 bits per heavy atom. The van der Waals surface area contributed by atoms with E-state index in [4.69, 9.17) is 10.5 Å². The Hall–Kier alpha value is -2.71. The second-order valence-electron chi connectivity index (χ2n) is 6.03. The average Bonchev–Trinajstić information content (AvgIpc) is 3.09. The van der Waals surface area contributed by atoms with Crippen molar-refractivity contribution in [3.8, 4) is 11.8 Å². The van der Waals surface area contributed by atoms with Crippen molar-refractivity contribution < 1.29 is 29.6 Å². The molecule has 2 aromatic heterocycles. The Bertz CT molecular complexity index is 913. The third kappa shape index (κ3) is 2.77. The molecule has 1 aliphatic rings. The summed E-state index contributed by atoms with van der Waals surface area (Å²) >= 11 is 0. The summed E-state index contributed by atoms with van der Waals surface area (Å²) in [5.41, 5.74) is 4.82. The zero-order valence-electron chi connectivity index (χ0n) is 14.1. The number of hydrogen-bond donors (Lipinski definition) is 4. The lowest BCUT2D eigenvalue weighted by Gasteiger charge is -2.27. The van der Waals surface area contributed by atoms with Gasteiger partial charge in [0.2, 0.25) is 0 Å². The molecule has 0 amide bonds. The Morgan fingerprint density at radius 2 is 2.27 bits per heavy atom. The summed E-state index contributed by atoms with van der Waals surface area (Å²) in [6.45, 7) is 0.910. The van der Waals surface area contributed by atoms with Crippen LogP contribution >= 0.6 is 0 Å². The topological polar surface area (TPSA) is 153 Å². The maximum absolute atomic E-state index is 11.3. The number of anilines is 1. The Kier molecular flexibility index (Phi) is 4.55. The van der Waals surface area contributed by atoms with Crippen LogP contribution in [0.5, 0.6) is 0 Å². The number of ether oxygens (including phenoxy) is 2. The minimum absolute atomic E-state index is 0.125. The quantitative estimate of drug-likeness (QED) is 0.371. The SMILES string of the molecule is COC(=O)C#Cc1cn([C@@H]2O[C@H](CO)[C@@H](O)[C@@]2(C)O)c2ncnc(N)c12. The predicted octanol–water partition coefficient (Wildman–Crippen LogP) is -1.46. The fourth-order valence-corrected chi connectivity index (χ4v) is 2.94. The van der Waals surface area contributed by atoms with E-state index in [-0.39, 0.29) is 5.82 Å². The molecular weight excluding hydrogens is 344 g/mol. The highest BCUT2D eigenvalue weighted by atomic mass is 16.6. The van der Waals surface area contributed by atoms with Gasteiger partial charge in [0.1, 0.15) is 35.6 Å². The minimum Gasteiger partial charge on any atom is -0.459 e. The molecule has 3 rings (SSSR count). The van der Waals surface area contributed by atoms with E-state index in [1.165, 1.54) is 31.1 Å². The first kappa shape index (κ1) is 18.1. The van der Waals surface area contributed by atoms with Gasteiger partial charge in [-0.05, 0) is 6.92 Å². The third-order valence-electron chi connectivity index (χ3n) is 4.31. The van der Waals surface area contributed by atoms with E-state index in [1.807, 2.05) is 0 Å². The number of methoxy groups -OCH3 is 1. The van der Waals surface area contributed by atoms with Crippen LogP contribution < -0.4 is 5.73 Å². The molecule has 0 bridgehead atoms. The number of nitrogen functional groups attached to an aromatic ring is 1. The minimum atomic E-state index is -1.72. The average molecular weight is 362 g/mol. The van der Waals surface area contributed by atoms with Gasteiger partial charge >= 0.3 is 5.97 Å². The summed E-state index contributed by atoms with van der Waals surface area (Å²) in [6.07, 6.45) is -0.651. The van der Waals surface area contributed by atoms with Crippen molar-refractivity contribution in [3.05, 3.63) is 18.1 Å². The molecule has 138 valence electrons. The number of aliphatic hydroxyl groups excluding tert-OH is 2. The first-order valence-corrected chi connectivity index (χ1v) is 7.69. The second-order valence-corrected chi connectivity index (χ2v) is 6.03. The first-order chi connectivity index (χ1) is 12.3. The first-order valence-electron chi connectivity index (χ1n) is 7.69. The number of nitrogens with zero attached hydrogens (tertiary/aromatic N) is 3. The van der Waals surface area contributed by atoms with Gasteiger partial charge in [0.05, 0.1) is 24.7 Å². The monoisotopic (exact) mass is 362 g/mol. The van der Waals surface area contributed by atoms with Crippen LogP contribution in [0.15, 0.2) is 12.5 Å². The number of hydrogen-bond acceptors (Lipinski definition) is 9. The molecule has 0 saturated carbocycles. The summed E-state index contributed by atoms with van der Waals surface area (Å²) in [5, 5.41) is 30.6. The van der Waals surface area contributed by atoms with Gasteiger partial charge in [-0.3, -0.25) is 0 Å². The number of esters is 1. The van der Waals surface area contributed by atoms with Crippen LogP contribution in [-0.4, -0.2) is 67.3 Å². The maximum Gasteiger partial charge on any atom is 0.384 e. The van der Waals surface area contributed by atoms with E-state index >= 15 is 0 Å². The van der Waals surface area contributed by atoms with Crippen LogP contribution in [0.4, 0.5) is 5.82 Å². The third-order valence-corrected chi connectivity index (χ3v) is 4.31. The van der Waals surface area contributed by atoms with Gasteiger partial charge in [-0.1, -0.05) is 5.92 Å². The second kappa shape index (κ2) is 6.54. The molecule has 0 radical (unpaired) electrons. The summed E-state index contributed by atoms with van der Waals surface area (Å²) in [7, 11) is 1.21. The highest BCUT2D eigenvalue weighted by Gasteiger charge is 2.53. The Labute approximate surface area is 148 Å². The number of nitrogens with two attached hydrogens (primary N) is 1. The van der Waals surface area contributed by atoms with E-state index in [2.05, 4.69) is 26.5 Å². The largest absolute Gasteiger partial charge is 0.459 e. The molecule has 0 spiro atoms. The van der Waals surface area contributed by atoms with Gasteiger partial charge in [-0.2, -0.15) is 0 Å². The van der Waals surface area contributed by atoms with Crippen LogP contribution in [0, 0.1) is 11.8 Å². The molecular formula is C16H18N4O6. The molecule has 0 aliphatic carbocycles. The molecule has 1 saturated heterocycles. The molecule has 3 heterocycles. The van der Waals surface area contributed by atoms with Crippen LogP contribution in [0.2, 0.25) is 0 Å². The van der Waals surface area contributed by atoms with Crippen LogP contribution in [-0.2, 0) is 14.3 Å². The molecule has 1 aliphatic heterocycles. The van der Waals surface area contributed by atoms with Crippen LogP contribution in [0.1, 0.15) is 18.7 Å². The molecule has 2 aromatic rings. The lowest BCUT2D eigenvalue weighted by atomic mass is 9.96. The van der Waals surface area contributed by atoms with Crippen molar-refractivity contribution in [1.82, 2.24) is 14.5 Å². The summed E-state index contributed by atoms with van der Waals surface area (Å²) in [5.74, 6) is 4.32. The van der Waals surface area contributed by atoms with E-state index in [1.54, 1.807) is 0 Å². The van der Waals surface area contributed by atoms with Gasteiger partial charge in [-0.25, -0.2) is 14.8 Å². The smallest absolute Gasteiger partial charge is 0.384 e. The van der Waals surface area contributed by atoms with Crippen molar-refractivity contribution in [1.29, 1.82) is 0 Å².